The van der Waals surface area contributed by atoms with Crippen molar-refractivity contribution in [1.82, 2.24) is 9.80 Å². The minimum Gasteiger partial charge on any atom is -0.493 e. The molecule has 0 atom stereocenters. The molecule has 8 heteroatoms. The molecule has 1 aromatic rings. The van der Waals surface area contributed by atoms with Crippen LogP contribution in [0.4, 0.5) is 4.79 Å². The SMILES string of the molecule is C=CC(=O)OCCCCCCOc1ccc(C)cc1C=C1C(=O)N(C)C(=O)N(C)C1=O. The van der Waals surface area contributed by atoms with E-state index in [4.69, 9.17) is 9.47 Å². The number of hydrogen-bond donors (Lipinski definition) is 0. The normalized spacial score (nSPS) is 14.0. The quantitative estimate of drug-likeness (QED) is 0.246. The van der Waals surface area contributed by atoms with Crippen LogP contribution < -0.4 is 4.74 Å². The first kappa shape index (κ1) is 23.9. The second-order valence-corrected chi connectivity index (χ2v) is 7.24. The maximum absolute atomic E-state index is 12.5. The first-order chi connectivity index (χ1) is 14.8. The van der Waals surface area contributed by atoms with E-state index in [0.29, 0.717) is 24.5 Å². The zero-order valence-corrected chi connectivity index (χ0v) is 18.2. The third-order valence-electron chi connectivity index (χ3n) is 4.82. The number of carbonyl (C=O) groups is 4. The lowest BCUT2D eigenvalue weighted by atomic mass is 10.0. The van der Waals surface area contributed by atoms with Gasteiger partial charge < -0.3 is 9.47 Å². The first-order valence-corrected chi connectivity index (χ1v) is 10.1. The molecule has 1 aliphatic rings. The molecule has 0 N–H and O–H groups in total. The number of rotatable bonds is 10. The van der Waals surface area contributed by atoms with Gasteiger partial charge in [0.2, 0.25) is 0 Å². The number of imide groups is 2. The molecule has 1 aliphatic heterocycles. The van der Waals surface area contributed by atoms with E-state index in [1.54, 1.807) is 6.07 Å². The van der Waals surface area contributed by atoms with Crippen LogP contribution in [0.15, 0.2) is 36.4 Å². The summed E-state index contributed by atoms with van der Waals surface area (Å²) in [5.41, 5.74) is 1.46. The summed E-state index contributed by atoms with van der Waals surface area (Å²) in [6.45, 7) is 6.08. The number of carbonyl (C=O) groups excluding carboxylic acids is 4. The number of benzene rings is 1. The topological polar surface area (TPSA) is 93.2 Å². The molecule has 0 bridgehead atoms. The molecule has 166 valence electrons. The van der Waals surface area contributed by atoms with E-state index >= 15 is 0 Å². The first-order valence-electron chi connectivity index (χ1n) is 10.1. The molecule has 0 radical (unpaired) electrons. The Morgan fingerprint density at radius 1 is 1.00 bits per heavy atom. The maximum Gasteiger partial charge on any atom is 0.333 e. The monoisotopic (exact) mass is 428 g/mol. The van der Waals surface area contributed by atoms with E-state index in [9.17, 15) is 19.2 Å². The van der Waals surface area contributed by atoms with Crippen LogP contribution in [0.1, 0.15) is 36.8 Å². The van der Waals surface area contributed by atoms with Crippen molar-refractivity contribution in [2.45, 2.75) is 32.6 Å². The van der Waals surface area contributed by atoms with Gasteiger partial charge in [0.1, 0.15) is 11.3 Å². The summed E-state index contributed by atoms with van der Waals surface area (Å²) in [6, 6.07) is 4.85. The highest BCUT2D eigenvalue weighted by molar-refractivity contribution is 6.30. The average molecular weight is 428 g/mol. The highest BCUT2D eigenvalue weighted by atomic mass is 16.5. The third kappa shape index (κ3) is 6.28. The molecule has 0 spiro atoms. The summed E-state index contributed by atoms with van der Waals surface area (Å²) in [4.78, 5) is 49.6. The highest BCUT2D eigenvalue weighted by Crippen LogP contribution is 2.26. The van der Waals surface area contributed by atoms with Crippen molar-refractivity contribution >= 4 is 29.9 Å². The Morgan fingerprint density at radius 3 is 2.23 bits per heavy atom. The van der Waals surface area contributed by atoms with Crippen molar-refractivity contribution in [3.63, 3.8) is 0 Å². The van der Waals surface area contributed by atoms with Crippen LogP contribution in [0, 0.1) is 6.92 Å². The Bertz CT molecular complexity index is 879. The molecule has 1 aromatic carbocycles. The Balaban J connectivity index is 1.98. The third-order valence-corrected chi connectivity index (χ3v) is 4.82. The molecule has 1 fully saturated rings. The summed E-state index contributed by atoms with van der Waals surface area (Å²) in [5.74, 6) is -1.14. The Hall–Kier alpha value is -3.42. The number of barbiturate groups is 1. The molecular formula is C23H28N2O6. The van der Waals surface area contributed by atoms with Gasteiger partial charge in [0.25, 0.3) is 11.8 Å². The fraction of sp³-hybridized carbons (Fsp3) is 0.391. The zero-order chi connectivity index (χ0) is 23.0. The van der Waals surface area contributed by atoms with Crippen molar-refractivity contribution in [2.24, 2.45) is 0 Å². The number of esters is 1. The van der Waals surface area contributed by atoms with Gasteiger partial charge in [0.05, 0.1) is 13.2 Å². The Morgan fingerprint density at radius 2 is 1.61 bits per heavy atom. The van der Waals surface area contributed by atoms with E-state index in [1.807, 2.05) is 19.1 Å². The number of urea groups is 1. The van der Waals surface area contributed by atoms with Gasteiger partial charge in [-0.1, -0.05) is 18.2 Å². The van der Waals surface area contributed by atoms with E-state index < -0.39 is 23.8 Å². The largest absolute Gasteiger partial charge is 0.493 e. The van der Waals surface area contributed by atoms with Gasteiger partial charge in [-0.3, -0.25) is 19.4 Å². The van der Waals surface area contributed by atoms with E-state index in [0.717, 1.165) is 47.1 Å². The van der Waals surface area contributed by atoms with Gasteiger partial charge in [0.15, 0.2) is 0 Å². The van der Waals surface area contributed by atoms with Crippen LogP contribution in [0.25, 0.3) is 6.08 Å². The van der Waals surface area contributed by atoms with Gasteiger partial charge in [0, 0.05) is 25.7 Å². The Labute approximate surface area is 182 Å². The molecule has 1 saturated heterocycles. The van der Waals surface area contributed by atoms with Crippen LogP contribution in [0.2, 0.25) is 0 Å². The van der Waals surface area contributed by atoms with Crippen LogP contribution >= 0.6 is 0 Å². The summed E-state index contributed by atoms with van der Waals surface area (Å²) in [6.07, 6.45) is 5.99. The second kappa shape index (κ2) is 11.1. The van der Waals surface area contributed by atoms with Crippen molar-refractivity contribution in [2.75, 3.05) is 27.3 Å². The lowest BCUT2D eigenvalue weighted by molar-refractivity contribution is -0.138. The molecule has 2 rings (SSSR count). The fourth-order valence-electron chi connectivity index (χ4n) is 3.01. The predicted molar refractivity (Wildman–Crippen MR) is 115 cm³/mol. The number of unbranched alkanes of at least 4 members (excludes halogenated alkanes) is 3. The van der Waals surface area contributed by atoms with Gasteiger partial charge in [-0.2, -0.15) is 0 Å². The number of nitrogens with zero attached hydrogens (tertiary/aromatic N) is 2. The van der Waals surface area contributed by atoms with Crippen molar-refractivity contribution in [3.05, 3.63) is 47.6 Å². The van der Waals surface area contributed by atoms with Gasteiger partial charge in [-0.15, -0.1) is 0 Å². The molecule has 1 heterocycles. The lowest BCUT2D eigenvalue weighted by Gasteiger charge is -2.29. The van der Waals surface area contributed by atoms with Crippen LogP contribution in [-0.2, 0) is 19.1 Å². The minimum atomic E-state index is -0.660. The summed E-state index contributed by atoms with van der Waals surface area (Å²) >= 11 is 0. The lowest BCUT2D eigenvalue weighted by Crippen LogP contribution is -2.52. The summed E-state index contributed by atoms with van der Waals surface area (Å²) in [7, 11) is 2.68. The van der Waals surface area contributed by atoms with Gasteiger partial charge in [-0.05, 0) is 50.8 Å². The number of ether oxygens (including phenoxy) is 2. The number of aryl methyl sites for hydroxylation is 1. The Kier molecular flexibility index (Phi) is 8.54. The van der Waals surface area contributed by atoms with E-state index in [2.05, 4.69) is 6.58 Å². The minimum absolute atomic E-state index is 0.0888. The van der Waals surface area contributed by atoms with E-state index in [1.165, 1.54) is 20.2 Å². The van der Waals surface area contributed by atoms with Crippen molar-refractivity contribution in [3.8, 4) is 5.75 Å². The molecule has 0 unspecified atom stereocenters. The molecule has 4 amide bonds. The summed E-state index contributed by atoms with van der Waals surface area (Å²) < 4.78 is 10.8. The molecule has 0 aromatic heterocycles. The molecule has 8 nitrogen and oxygen atoms in total. The van der Waals surface area contributed by atoms with Gasteiger partial charge >= 0.3 is 12.0 Å². The average Bonchev–Trinajstić information content (AvgIpc) is 2.76. The molecule has 0 saturated carbocycles. The molecule has 0 aliphatic carbocycles. The molecular weight excluding hydrogens is 400 g/mol. The molecule has 31 heavy (non-hydrogen) atoms. The standard InChI is InChI=1S/C23H28N2O6/c1-5-20(26)31-13-9-7-6-8-12-30-19-11-10-16(2)14-17(19)15-18-21(27)24(3)23(29)25(4)22(18)28/h5,10-11,14-15H,1,6-9,12-13H2,2-4H3. The number of amides is 4. The van der Waals surface area contributed by atoms with Crippen LogP contribution in [0.3, 0.4) is 0 Å². The summed E-state index contributed by atoms with van der Waals surface area (Å²) in [5, 5.41) is 0. The predicted octanol–water partition coefficient (Wildman–Crippen LogP) is 3.10. The van der Waals surface area contributed by atoms with Crippen molar-refractivity contribution < 1.29 is 28.7 Å². The number of likely N-dealkylation sites (N-methyl/N-ethyl adjacent to an activating group) is 2. The zero-order valence-electron chi connectivity index (χ0n) is 18.2. The van der Waals surface area contributed by atoms with Crippen LogP contribution in [-0.4, -0.2) is 60.9 Å². The second-order valence-electron chi connectivity index (χ2n) is 7.24. The smallest absolute Gasteiger partial charge is 0.333 e. The van der Waals surface area contributed by atoms with Crippen molar-refractivity contribution in [1.29, 1.82) is 0 Å². The highest BCUT2D eigenvalue weighted by Gasteiger charge is 2.37. The van der Waals surface area contributed by atoms with E-state index in [-0.39, 0.29) is 5.57 Å². The fourth-order valence-corrected chi connectivity index (χ4v) is 3.01. The van der Waals surface area contributed by atoms with Gasteiger partial charge in [-0.25, -0.2) is 9.59 Å². The maximum atomic E-state index is 12.5. The van der Waals surface area contributed by atoms with Crippen LogP contribution in [0.5, 0.6) is 5.75 Å². The number of hydrogen-bond acceptors (Lipinski definition) is 6.